The highest BCUT2D eigenvalue weighted by Gasteiger charge is 2.14. The second kappa shape index (κ2) is 5.93. The van der Waals surface area contributed by atoms with Crippen molar-refractivity contribution in [2.24, 2.45) is 0 Å². The highest BCUT2D eigenvalue weighted by molar-refractivity contribution is 7.13. The van der Waals surface area contributed by atoms with Crippen molar-refractivity contribution in [1.82, 2.24) is 14.9 Å². The van der Waals surface area contributed by atoms with E-state index in [0.717, 1.165) is 38.5 Å². The summed E-state index contributed by atoms with van der Waals surface area (Å²) in [6.07, 6.45) is 1.73. The maximum Gasteiger partial charge on any atom is 0.184 e. The van der Waals surface area contributed by atoms with Gasteiger partial charge in [0.05, 0.1) is 27.8 Å². The smallest absolute Gasteiger partial charge is 0.184 e. The number of halogens is 1. The van der Waals surface area contributed by atoms with Crippen LogP contribution in [0.3, 0.4) is 0 Å². The monoisotopic (exact) mass is 361 g/mol. The SMILES string of the molecule is Fc1ccc(-n2nccc2-c2ccc3noc(-c4cccs4)c3c2)cc1. The average molecular weight is 361 g/mol. The van der Waals surface area contributed by atoms with Crippen molar-refractivity contribution in [3.63, 3.8) is 0 Å². The molecule has 0 saturated heterocycles. The van der Waals surface area contributed by atoms with Crippen LogP contribution >= 0.6 is 11.3 Å². The highest BCUT2D eigenvalue weighted by Crippen LogP contribution is 2.34. The molecule has 0 aliphatic heterocycles. The minimum atomic E-state index is -0.270. The van der Waals surface area contributed by atoms with Gasteiger partial charge in [-0.1, -0.05) is 17.3 Å². The summed E-state index contributed by atoms with van der Waals surface area (Å²) in [5, 5.41) is 11.5. The summed E-state index contributed by atoms with van der Waals surface area (Å²) in [7, 11) is 0. The summed E-state index contributed by atoms with van der Waals surface area (Å²) in [5.41, 5.74) is 3.51. The molecule has 0 radical (unpaired) electrons. The Balaban J connectivity index is 1.65. The van der Waals surface area contributed by atoms with Gasteiger partial charge in [0, 0.05) is 5.56 Å². The minimum absolute atomic E-state index is 0.270. The fourth-order valence-electron chi connectivity index (χ4n) is 3.00. The van der Waals surface area contributed by atoms with Crippen LogP contribution in [0.4, 0.5) is 4.39 Å². The maximum atomic E-state index is 13.2. The first-order valence-corrected chi connectivity index (χ1v) is 8.91. The van der Waals surface area contributed by atoms with Crippen molar-refractivity contribution in [3.05, 3.63) is 78.1 Å². The average Bonchev–Trinajstić information content (AvgIpc) is 3.41. The van der Waals surface area contributed by atoms with E-state index in [2.05, 4.69) is 16.3 Å². The van der Waals surface area contributed by atoms with Crippen LogP contribution in [0.15, 0.2) is 76.8 Å². The fourth-order valence-corrected chi connectivity index (χ4v) is 3.71. The molecule has 0 aliphatic carbocycles. The molecular weight excluding hydrogens is 349 g/mol. The molecule has 6 heteroatoms. The van der Waals surface area contributed by atoms with Gasteiger partial charge in [0.2, 0.25) is 0 Å². The Hall–Kier alpha value is -3.25. The van der Waals surface area contributed by atoms with E-state index in [1.165, 1.54) is 12.1 Å². The molecule has 0 amide bonds. The van der Waals surface area contributed by atoms with E-state index < -0.39 is 0 Å². The summed E-state index contributed by atoms with van der Waals surface area (Å²) in [4.78, 5) is 1.04. The lowest BCUT2D eigenvalue weighted by Gasteiger charge is -2.08. The summed E-state index contributed by atoms with van der Waals surface area (Å²) >= 11 is 1.61. The number of hydrogen-bond acceptors (Lipinski definition) is 4. The van der Waals surface area contributed by atoms with Crippen LogP contribution in [0, 0.1) is 5.82 Å². The second-order valence-corrected chi connectivity index (χ2v) is 6.77. The van der Waals surface area contributed by atoms with Crippen molar-refractivity contribution in [1.29, 1.82) is 0 Å². The Labute approximate surface area is 152 Å². The molecule has 126 valence electrons. The van der Waals surface area contributed by atoms with Crippen molar-refractivity contribution < 1.29 is 8.91 Å². The van der Waals surface area contributed by atoms with Gasteiger partial charge in [-0.15, -0.1) is 11.3 Å². The maximum absolute atomic E-state index is 13.2. The van der Waals surface area contributed by atoms with E-state index in [4.69, 9.17) is 4.52 Å². The number of rotatable bonds is 3. The lowest BCUT2D eigenvalue weighted by atomic mass is 10.1. The zero-order chi connectivity index (χ0) is 17.5. The molecule has 0 bridgehead atoms. The quantitative estimate of drug-likeness (QED) is 0.423. The minimum Gasteiger partial charge on any atom is -0.354 e. The number of aromatic nitrogens is 3. The summed E-state index contributed by atoms with van der Waals surface area (Å²) in [6.45, 7) is 0. The predicted molar refractivity (Wildman–Crippen MR) is 99.8 cm³/mol. The van der Waals surface area contributed by atoms with Crippen molar-refractivity contribution in [2.45, 2.75) is 0 Å². The topological polar surface area (TPSA) is 43.9 Å². The molecule has 5 aromatic rings. The van der Waals surface area contributed by atoms with E-state index in [1.54, 1.807) is 34.3 Å². The standard InChI is InChI=1S/C20H12FN3OS/c21-14-4-6-15(7-5-14)24-18(9-10-22-24)13-3-8-17-16(12-13)20(25-23-17)19-2-1-11-26-19/h1-12H. The Morgan fingerprint density at radius 3 is 2.69 bits per heavy atom. The van der Waals surface area contributed by atoms with Gasteiger partial charge < -0.3 is 4.52 Å². The second-order valence-electron chi connectivity index (χ2n) is 5.83. The summed E-state index contributed by atoms with van der Waals surface area (Å²) in [6, 6.07) is 18.2. The van der Waals surface area contributed by atoms with E-state index >= 15 is 0 Å². The first-order chi connectivity index (χ1) is 12.8. The zero-order valence-electron chi connectivity index (χ0n) is 13.5. The molecule has 5 rings (SSSR count). The van der Waals surface area contributed by atoms with Gasteiger partial charge in [-0.05, 0) is 53.9 Å². The van der Waals surface area contributed by atoms with E-state index in [9.17, 15) is 4.39 Å². The third-order valence-electron chi connectivity index (χ3n) is 4.23. The predicted octanol–water partition coefficient (Wildman–Crippen LogP) is 5.55. The van der Waals surface area contributed by atoms with E-state index in [1.807, 2.05) is 35.7 Å². The van der Waals surface area contributed by atoms with Crippen molar-refractivity contribution in [3.8, 4) is 27.6 Å². The first-order valence-electron chi connectivity index (χ1n) is 8.03. The molecule has 26 heavy (non-hydrogen) atoms. The third kappa shape index (κ3) is 2.43. The fraction of sp³-hybridized carbons (Fsp3) is 0. The largest absolute Gasteiger partial charge is 0.354 e. The van der Waals surface area contributed by atoms with Crippen LogP contribution in [0.1, 0.15) is 0 Å². The van der Waals surface area contributed by atoms with Gasteiger partial charge >= 0.3 is 0 Å². The van der Waals surface area contributed by atoms with Gasteiger partial charge in [0.25, 0.3) is 0 Å². The molecule has 2 aromatic carbocycles. The third-order valence-corrected chi connectivity index (χ3v) is 5.10. The molecule has 3 heterocycles. The van der Waals surface area contributed by atoms with E-state index in [-0.39, 0.29) is 5.82 Å². The van der Waals surface area contributed by atoms with Crippen LogP contribution in [-0.2, 0) is 0 Å². The van der Waals surface area contributed by atoms with E-state index in [0.29, 0.717) is 0 Å². The molecule has 0 atom stereocenters. The van der Waals surface area contributed by atoms with Gasteiger partial charge in [-0.25, -0.2) is 9.07 Å². The van der Waals surface area contributed by atoms with Crippen LogP contribution in [-0.4, -0.2) is 14.9 Å². The molecule has 0 N–H and O–H groups in total. The molecule has 0 unspecified atom stereocenters. The Morgan fingerprint density at radius 1 is 1.00 bits per heavy atom. The number of thiophene rings is 1. The number of benzene rings is 2. The molecule has 4 nitrogen and oxygen atoms in total. The molecule has 0 fully saturated rings. The van der Waals surface area contributed by atoms with Crippen LogP contribution < -0.4 is 0 Å². The van der Waals surface area contributed by atoms with Gasteiger partial charge in [0.1, 0.15) is 11.3 Å². The Kier molecular flexibility index (Phi) is 3.43. The van der Waals surface area contributed by atoms with Gasteiger partial charge in [0.15, 0.2) is 5.76 Å². The highest BCUT2D eigenvalue weighted by atomic mass is 32.1. The lowest BCUT2D eigenvalue weighted by Crippen LogP contribution is -1.98. The van der Waals surface area contributed by atoms with Crippen LogP contribution in [0.2, 0.25) is 0 Å². The molecule has 0 saturated carbocycles. The molecular formula is C20H12FN3OS. The summed E-state index contributed by atoms with van der Waals surface area (Å²) in [5.74, 6) is 0.499. The Bertz CT molecular complexity index is 1190. The van der Waals surface area contributed by atoms with Gasteiger partial charge in [-0.2, -0.15) is 5.10 Å². The number of hydrogen-bond donors (Lipinski definition) is 0. The van der Waals surface area contributed by atoms with Crippen molar-refractivity contribution >= 4 is 22.2 Å². The van der Waals surface area contributed by atoms with Crippen LogP contribution in [0.5, 0.6) is 0 Å². The van der Waals surface area contributed by atoms with Gasteiger partial charge in [-0.3, -0.25) is 0 Å². The van der Waals surface area contributed by atoms with Crippen LogP contribution in [0.25, 0.3) is 38.5 Å². The van der Waals surface area contributed by atoms with Crippen molar-refractivity contribution in [2.75, 3.05) is 0 Å². The summed E-state index contributed by atoms with van der Waals surface area (Å²) < 4.78 is 20.6. The lowest BCUT2D eigenvalue weighted by molar-refractivity contribution is 0.442. The molecule has 0 aliphatic rings. The zero-order valence-corrected chi connectivity index (χ0v) is 14.3. The molecule has 0 spiro atoms. The number of nitrogens with zero attached hydrogens (tertiary/aromatic N) is 3. The molecule has 3 aromatic heterocycles. The first kappa shape index (κ1) is 15.0. The Morgan fingerprint density at radius 2 is 1.88 bits per heavy atom. The normalized spacial score (nSPS) is 11.3. The number of fused-ring (bicyclic) bond motifs is 1.